The van der Waals surface area contributed by atoms with Crippen LogP contribution in [-0.4, -0.2) is 38.8 Å². The van der Waals surface area contributed by atoms with Crippen LogP contribution in [0.4, 0.5) is 0 Å². The standard InChI is InChI=1S/C26H26ClN3O5/c1-33-23-12-9-18(15-24(23)34-2)13-14-28-25(31)26(32)30-29-16-19-7-10-21(11-8-19)35-17-20-5-3-4-6-22(20)27/h3-12,15-16H,13-14,17H2,1-2H3,(H,28,31)(H,30,32)/b29-16-. The SMILES string of the molecule is COc1ccc(CCNC(=O)C(=O)N/N=C\c2ccc(OCc3ccccc3Cl)cc2)cc1OC. The Morgan fingerprint density at radius 2 is 1.69 bits per heavy atom. The van der Waals surface area contributed by atoms with Crippen molar-refractivity contribution in [2.45, 2.75) is 13.0 Å². The van der Waals surface area contributed by atoms with E-state index in [1.165, 1.54) is 6.21 Å². The van der Waals surface area contributed by atoms with Crippen molar-refractivity contribution in [3.63, 3.8) is 0 Å². The van der Waals surface area contributed by atoms with E-state index in [2.05, 4.69) is 15.8 Å². The number of nitrogens with zero attached hydrogens (tertiary/aromatic N) is 1. The number of carbonyl (C=O) groups excluding carboxylic acids is 2. The second kappa shape index (κ2) is 13.0. The largest absolute Gasteiger partial charge is 0.493 e. The number of amides is 2. The fraction of sp³-hybridized carbons (Fsp3) is 0.192. The van der Waals surface area contributed by atoms with Gasteiger partial charge in [-0.3, -0.25) is 9.59 Å². The minimum Gasteiger partial charge on any atom is -0.493 e. The Bertz CT molecular complexity index is 1180. The monoisotopic (exact) mass is 495 g/mol. The highest BCUT2D eigenvalue weighted by atomic mass is 35.5. The average molecular weight is 496 g/mol. The molecule has 3 aromatic carbocycles. The van der Waals surface area contributed by atoms with Crippen LogP contribution in [0.25, 0.3) is 0 Å². The molecule has 0 unspecified atom stereocenters. The van der Waals surface area contributed by atoms with Crippen molar-refractivity contribution in [2.24, 2.45) is 5.10 Å². The fourth-order valence-electron chi connectivity index (χ4n) is 3.08. The molecule has 0 radical (unpaired) electrons. The molecule has 2 amide bonds. The summed E-state index contributed by atoms with van der Waals surface area (Å²) in [4.78, 5) is 23.9. The molecule has 35 heavy (non-hydrogen) atoms. The van der Waals surface area contributed by atoms with Crippen LogP contribution in [0.3, 0.4) is 0 Å². The molecule has 0 aliphatic rings. The summed E-state index contributed by atoms with van der Waals surface area (Å²) in [5, 5.41) is 7.04. The number of hydrogen-bond donors (Lipinski definition) is 2. The second-order valence-corrected chi connectivity index (χ2v) is 7.75. The molecule has 182 valence electrons. The smallest absolute Gasteiger partial charge is 0.329 e. The Kier molecular flexibility index (Phi) is 9.50. The summed E-state index contributed by atoms with van der Waals surface area (Å²) in [7, 11) is 3.12. The van der Waals surface area contributed by atoms with Gasteiger partial charge in [-0.15, -0.1) is 0 Å². The van der Waals surface area contributed by atoms with E-state index in [0.717, 1.165) is 16.7 Å². The molecule has 0 bridgehead atoms. The molecule has 0 saturated carbocycles. The van der Waals surface area contributed by atoms with Gasteiger partial charge in [-0.1, -0.05) is 35.9 Å². The maximum Gasteiger partial charge on any atom is 0.329 e. The van der Waals surface area contributed by atoms with Crippen molar-refractivity contribution in [3.05, 3.63) is 88.4 Å². The molecular formula is C26H26ClN3O5. The first kappa shape index (κ1) is 25.6. The van der Waals surface area contributed by atoms with Crippen molar-refractivity contribution >= 4 is 29.6 Å². The number of hydrogen-bond acceptors (Lipinski definition) is 6. The highest BCUT2D eigenvalue weighted by Gasteiger charge is 2.12. The van der Waals surface area contributed by atoms with Gasteiger partial charge < -0.3 is 19.5 Å². The van der Waals surface area contributed by atoms with Gasteiger partial charge in [0.1, 0.15) is 12.4 Å². The van der Waals surface area contributed by atoms with E-state index < -0.39 is 11.8 Å². The molecule has 9 heteroatoms. The van der Waals surface area contributed by atoms with E-state index in [0.29, 0.717) is 35.3 Å². The summed E-state index contributed by atoms with van der Waals surface area (Å²) in [5.74, 6) is 0.263. The Labute approximate surface area is 208 Å². The summed E-state index contributed by atoms with van der Waals surface area (Å²) >= 11 is 6.13. The lowest BCUT2D eigenvalue weighted by Crippen LogP contribution is -2.38. The summed E-state index contributed by atoms with van der Waals surface area (Å²) in [6, 6.07) is 20.1. The molecule has 0 spiro atoms. The Balaban J connectivity index is 1.40. The summed E-state index contributed by atoms with van der Waals surface area (Å²) in [6.07, 6.45) is 1.96. The third-order valence-electron chi connectivity index (χ3n) is 4.97. The molecule has 2 N–H and O–H groups in total. The van der Waals surface area contributed by atoms with Crippen molar-refractivity contribution < 1.29 is 23.8 Å². The van der Waals surface area contributed by atoms with E-state index in [1.54, 1.807) is 44.6 Å². The number of hydrazone groups is 1. The zero-order chi connectivity index (χ0) is 25.0. The number of methoxy groups -OCH3 is 2. The maximum absolute atomic E-state index is 12.0. The lowest BCUT2D eigenvalue weighted by Gasteiger charge is -2.10. The first-order valence-corrected chi connectivity index (χ1v) is 11.2. The Morgan fingerprint density at radius 1 is 0.943 bits per heavy atom. The van der Waals surface area contributed by atoms with E-state index in [9.17, 15) is 9.59 Å². The Morgan fingerprint density at radius 3 is 2.40 bits per heavy atom. The van der Waals surface area contributed by atoms with E-state index in [-0.39, 0.29) is 6.54 Å². The average Bonchev–Trinajstić information content (AvgIpc) is 2.88. The molecule has 0 heterocycles. The lowest BCUT2D eigenvalue weighted by atomic mass is 10.1. The topological polar surface area (TPSA) is 98.2 Å². The predicted octanol–water partition coefficient (Wildman–Crippen LogP) is 3.75. The van der Waals surface area contributed by atoms with Gasteiger partial charge in [0, 0.05) is 17.1 Å². The first-order valence-electron chi connectivity index (χ1n) is 10.8. The van der Waals surface area contributed by atoms with Crippen molar-refractivity contribution in [2.75, 3.05) is 20.8 Å². The van der Waals surface area contributed by atoms with Gasteiger partial charge in [-0.25, -0.2) is 5.43 Å². The predicted molar refractivity (Wildman–Crippen MR) is 134 cm³/mol. The third-order valence-corrected chi connectivity index (χ3v) is 5.33. The molecule has 3 rings (SSSR count). The maximum atomic E-state index is 12.0. The molecule has 0 saturated heterocycles. The van der Waals surface area contributed by atoms with Crippen molar-refractivity contribution in [1.82, 2.24) is 10.7 Å². The van der Waals surface area contributed by atoms with Crippen LogP contribution >= 0.6 is 11.6 Å². The summed E-state index contributed by atoms with van der Waals surface area (Å²) in [6.45, 7) is 0.630. The molecule has 0 fully saturated rings. The lowest BCUT2D eigenvalue weighted by molar-refractivity contribution is -0.139. The zero-order valence-electron chi connectivity index (χ0n) is 19.4. The quantitative estimate of drug-likeness (QED) is 0.253. The summed E-state index contributed by atoms with van der Waals surface area (Å²) < 4.78 is 16.2. The Hall–Kier alpha value is -4.04. The molecule has 0 aromatic heterocycles. The van der Waals surface area contributed by atoms with Crippen LogP contribution in [0.15, 0.2) is 71.8 Å². The zero-order valence-corrected chi connectivity index (χ0v) is 20.2. The number of rotatable bonds is 10. The molecule has 0 atom stereocenters. The van der Waals surface area contributed by atoms with Gasteiger partial charge in [-0.2, -0.15) is 5.10 Å². The minimum atomic E-state index is -0.853. The van der Waals surface area contributed by atoms with Gasteiger partial charge in [0.2, 0.25) is 0 Å². The number of halogens is 1. The van der Waals surface area contributed by atoms with E-state index >= 15 is 0 Å². The van der Waals surface area contributed by atoms with Crippen LogP contribution in [0.1, 0.15) is 16.7 Å². The van der Waals surface area contributed by atoms with Crippen LogP contribution in [-0.2, 0) is 22.6 Å². The number of ether oxygens (including phenoxy) is 3. The van der Waals surface area contributed by atoms with Gasteiger partial charge in [0.15, 0.2) is 11.5 Å². The second-order valence-electron chi connectivity index (χ2n) is 7.34. The fourth-order valence-corrected chi connectivity index (χ4v) is 3.27. The number of benzene rings is 3. The van der Waals surface area contributed by atoms with Gasteiger partial charge in [0.05, 0.1) is 20.4 Å². The molecule has 3 aromatic rings. The van der Waals surface area contributed by atoms with Crippen molar-refractivity contribution in [3.8, 4) is 17.2 Å². The number of carbonyl (C=O) groups is 2. The minimum absolute atomic E-state index is 0.279. The first-order chi connectivity index (χ1) is 17.0. The molecule has 8 nitrogen and oxygen atoms in total. The molecular weight excluding hydrogens is 470 g/mol. The van der Waals surface area contributed by atoms with Crippen LogP contribution < -0.4 is 25.0 Å². The summed E-state index contributed by atoms with van der Waals surface area (Å²) in [5.41, 5.74) is 4.77. The van der Waals surface area contributed by atoms with E-state index in [1.807, 2.05) is 36.4 Å². The van der Waals surface area contributed by atoms with Crippen LogP contribution in [0.2, 0.25) is 5.02 Å². The van der Waals surface area contributed by atoms with Crippen molar-refractivity contribution in [1.29, 1.82) is 0 Å². The van der Waals surface area contributed by atoms with E-state index in [4.69, 9.17) is 25.8 Å². The number of nitrogens with one attached hydrogen (secondary N) is 2. The van der Waals surface area contributed by atoms with Crippen LogP contribution in [0, 0.1) is 0 Å². The molecule has 0 aliphatic heterocycles. The highest BCUT2D eigenvalue weighted by molar-refractivity contribution is 6.35. The molecule has 0 aliphatic carbocycles. The van der Waals surface area contributed by atoms with Crippen LogP contribution in [0.5, 0.6) is 17.2 Å². The third kappa shape index (κ3) is 7.75. The highest BCUT2D eigenvalue weighted by Crippen LogP contribution is 2.27. The van der Waals surface area contributed by atoms with Gasteiger partial charge in [-0.05, 0) is 60.0 Å². The van der Waals surface area contributed by atoms with Gasteiger partial charge in [0.25, 0.3) is 0 Å². The van der Waals surface area contributed by atoms with Gasteiger partial charge >= 0.3 is 11.8 Å². The normalized spacial score (nSPS) is 10.6.